The van der Waals surface area contributed by atoms with E-state index in [-0.39, 0.29) is 6.61 Å². The zero-order valence-electron chi connectivity index (χ0n) is 7.87. The van der Waals surface area contributed by atoms with Gasteiger partial charge in [0.2, 0.25) is 10.0 Å². The van der Waals surface area contributed by atoms with Crippen LogP contribution in [0.25, 0.3) is 0 Å². The summed E-state index contributed by atoms with van der Waals surface area (Å²) in [5, 5.41) is 0. The molecule has 0 aliphatic heterocycles. The van der Waals surface area contributed by atoms with E-state index in [2.05, 4.69) is 0 Å². The third-order valence-corrected chi connectivity index (χ3v) is 1.77. The van der Waals surface area contributed by atoms with Gasteiger partial charge in [-0.05, 0) is 6.42 Å². The number of sulfonamides is 1. The first-order valence-corrected chi connectivity index (χ1v) is 5.93. The van der Waals surface area contributed by atoms with Crippen molar-refractivity contribution in [3.8, 4) is 0 Å². The first-order valence-electron chi connectivity index (χ1n) is 4.04. The Balaban J connectivity index is 3.53. The van der Waals surface area contributed by atoms with Crippen LogP contribution in [0.3, 0.4) is 0 Å². The van der Waals surface area contributed by atoms with Crippen molar-refractivity contribution in [2.75, 3.05) is 19.5 Å². The van der Waals surface area contributed by atoms with Crippen molar-refractivity contribution in [3.63, 3.8) is 0 Å². The van der Waals surface area contributed by atoms with E-state index in [0.717, 1.165) is 19.1 Å². The van der Waals surface area contributed by atoms with Gasteiger partial charge in [-0.15, -0.1) is 0 Å². The Morgan fingerprint density at radius 2 is 2.08 bits per heavy atom. The van der Waals surface area contributed by atoms with Crippen LogP contribution in [0.4, 0.5) is 0 Å². The molecular formula is C7H15NO4S. The topological polar surface area (TPSA) is 72.5 Å². The lowest BCUT2D eigenvalue weighted by atomic mass is 10.4. The highest BCUT2D eigenvalue weighted by Gasteiger charge is 2.07. The molecule has 6 heteroatoms. The highest BCUT2D eigenvalue weighted by Crippen LogP contribution is 1.87. The van der Waals surface area contributed by atoms with Gasteiger partial charge in [-0.25, -0.2) is 8.42 Å². The van der Waals surface area contributed by atoms with Crippen molar-refractivity contribution < 1.29 is 17.9 Å². The van der Waals surface area contributed by atoms with E-state index in [1.165, 1.54) is 0 Å². The monoisotopic (exact) mass is 209 g/mol. The number of carbonyl (C=O) groups is 1. The van der Waals surface area contributed by atoms with Gasteiger partial charge in [0.1, 0.15) is 6.61 Å². The Hall–Kier alpha value is -0.620. The molecule has 0 saturated heterocycles. The summed E-state index contributed by atoms with van der Waals surface area (Å²) in [5.41, 5.74) is 0. The molecule has 1 amide bonds. The standard InChI is InChI=1S/C7H15NO4S/c1-3-4-5-12-6-7(9)8-13(2,10)11/h3-6H2,1-2H3,(H,8,9). The number of ether oxygens (including phenoxy) is 1. The molecule has 0 radical (unpaired) electrons. The SMILES string of the molecule is CCCCOCC(=O)NS(C)(=O)=O. The number of hydrogen-bond donors (Lipinski definition) is 1. The Labute approximate surface area is 78.5 Å². The minimum absolute atomic E-state index is 0.201. The van der Waals surface area contributed by atoms with Gasteiger partial charge in [0.25, 0.3) is 5.91 Å². The third kappa shape index (κ3) is 9.29. The number of rotatable bonds is 6. The van der Waals surface area contributed by atoms with E-state index in [9.17, 15) is 13.2 Å². The number of nitrogens with one attached hydrogen (secondary N) is 1. The van der Waals surface area contributed by atoms with Crippen LogP contribution in [0, 0.1) is 0 Å². The summed E-state index contributed by atoms with van der Waals surface area (Å²) in [7, 11) is -3.45. The fraction of sp³-hybridized carbons (Fsp3) is 0.857. The Morgan fingerprint density at radius 1 is 1.46 bits per heavy atom. The quantitative estimate of drug-likeness (QED) is 0.619. The zero-order chi connectivity index (χ0) is 10.3. The van der Waals surface area contributed by atoms with Crippen LogP contribution >= 0.6 is 0 Å². The molecule has 0 bridgehead atoms. The molecule has 0 aromatic rings. The lowest BCUT2D eigenvalue weighted by molar-refractivity contribution is -0.123. The Bertz CT molecular complexity index is 247. The second-order valence-electron chi connectivity index (χ2n) is 2.70. The van der Waals surface area contributed by atoms with Crippen LogP contribution in [-0.2, 0) is 19.6 Å². The largest absolute Gasteiger partial charge is 0.372 e. The van der Waals surface area contributed by atoms with Gasteiger partial charge in [0.15, 0.2) is 0 Å². The van der Waals surface area contributed by atoms with Crippen molar-refractivity contribution in [2.24, 2.45) is 0 Å². The molecule has 1 N–H and O–H groups in total. The van der Waals surface area contributed by atoms with Gasteiger partial charge in [-0.3, -0.25) is 9.52 Å². The fourth-order valence-electron chi connectivity index (χ4n) is 0.648. The summed E-state index contributed by atoms with van der Waals surface area (Å²) in [6.07, 6.45) is 2.77. The Morgan fingerprint density at radius 3 is 2.54 bits per heavy atom. The van der Waals surface area contributed by atoms with Crippen LogP contribution < -0.4 is 4.72 Å². The second kappa shape index (κ2) is 5.93. The van der Waals surface area contributed by atoms with Crippen LogP contribution in [0.2, 0.25) is 0 Å². The van der Waals surface area contributed by atoms with E-state index in [0.29, 0.717) is 6.61 Å². The summed E-state index contributed by atoms with van der Waals surface area (Å²) in [6.45, 7) is 2.28. The van der Waals surface area contributed by atoms with Crippen molar-refractivity contribution >= 4 is 15.9 Å². The number of carbonyl (C=O) groups excluding carboxylic acids is 1. The average molecular weight is 209 g/mol. The fourth-order valence-corrected chi connectivity index (χ4v) is 1.12. The molecule has 0 aliphatic carbocycles. The predicted octanol–water partition coefficient (Wildman–Crippen LogP) is -0.121. The van der Waals surface area contributed by atoms with Gasteiger partial charge in [-0.1, -0.05) is 13.3 Å². The molecule has 0 aromatic heterocycles. The van der Waals surface area contributed by atoms with Gasteiger partial charge in [-0.2, -0.15) is 0 Å². The molecule has 13 heavy (non-hydrogen) atoms. The van der Waals surface area contributed by atoms with Crippen LogP contribution in [0.15, 0.2) is 0 Å². The summed E-state index contributed by atoms with van der Waals surface area (Å²) in [6, 6.07) is 0. The highest BCUT2D eigenvalue weighted by atomic mass is 32.2. The van der Waals surface area contributed by atoms with E-state index in [1.807, 2.05) is 6.92 Å². The maximum atomic E-state index is 10.8. The van der Waals surface area contributed by atoms with Gasteiger partial charge < -0.3 is 4.74 Å². The molecular weight excluding hydrogens is 194 g/mol. The zero-order valence-corrected chi connectivity index (χ0v) is 8.69. The van der Waals surface area contributed by atoms with Gasteiger partial charge in [0, 0.05) is 6.61 Å². The molecule has 0 aliphatic rings. The first kappa shape index (κ1) is 12.4. The summed E-state index contributed by atoms with van der Waals surface area (Å²) >= 11 is 0. The molecule has 78 valence electrons. The molecule has 0 unspecified atom stereocenters. The van der Waals surface area contributed by atoms with Gasteiger partial charge >= 0.3 is 0 Å². The molecule has 0 heterocycles. The Kier molecular flexibility index (Phi) is 5.65. The lowest BCUT2D eigenvalue weighted by Crippen LogP contribution is -2.32. The van der Waals surface area contributed by atoms with E-state index in [1.54, 1.807) is 4.72 Å². The third-order valence-electron chi connectivity index (χ3n) is 1.17. The highest BCUT2D eigenvalue weighted by molar-refractivity contribution is 7.89. The normalized spacial score (nSPS) is 11.2. The maximum Gasteiger partial charge on any atom is 0.259 e. The van der Waals surface area contributed by atoms with Crippen molar-refractivity contribution in [3.05, 3.63) is 0 Å². The smallest absolute Gasteiger partial charge is 0.259 e. The number of hydrogen-bond acceptors (Lipinski definition) is 4. The lowest BCUT2D eigenvalue weighted by Gasteiger charge is -2.03. The van der Waals surface area contributed by atoms with Crippen molar-refractivity contribution in [2.45, 2.75) is 19.8 Å². The van der Waals surface area contributed by atoms with E-state index in [4.69, 9.17) is 4.74 Å². The molecule has 0 rings (SSSR count). The van der Waals surface area contributed by atoms with Crippen LogP contribution in [-0.4, -0.2) is 33.8 Å². The van der Waals surface area contributed by atoms with E-state index < -0.39 is 15.9 Å². The minimum atomic E-state index is -3.45. The molecule has 0 saturated carbocycles. The molecule has 0 spiro atoms. The molecule has 0 fully saturated rings. The molecule has 0 atom stereocenters. The van der Waals surface area contributed by atoms with Crippen LogP contribution in [0.5, 0.6) is 0 Å². The second-order valence-corrected chi connectivity index (χ2v) is 4.45. The van der Waals surface area contributed by atoms with Crippen molar-refractivity contribution in [1.82, 2.24) is 4.72 Å². The van der Waals surface area contributed by atoms with Crippen LogP contribution in [0.1, 0.15) is 19.8 Å². The maximum absolute atomic E-state index is 10.8. The van der Waals surface area contributed by atoms with Gasteiger partial charge in [0.05, 0.1) is 6.26 Å². The summed E-state index contributed by atoms with van der Waals surface area (Å²) in [4.78, 5) is 10.8. The molecule has 5 nitrogen and oxygen atoms in total. The number of amides is 1. The predicted molar refractivity (Wildman–Crippen MR) is 48.7 cm³/mol. The average Bonchev–Trinajstić information content (AvgIpc) is 1.94. The van der Waals surface area contributed by atoms with E-state index >= 15 is 0 Å². The molecule has 0 aromatic carbocycles. The summed E-state index contributed by atoms with van der Waals surface area (Å²) in [5.74, 6) is -0.626. The summed E-state index contributed by atoms with van der Waals surface area (Å²) < 4.78 is 27.8. The first-order chi connectivity index (χ1) is 5.95. The minimum Gasteiger partial charge on any atom is -0.372 e. The number of unbranched alkanes of at least 4 members (excludes halogenated alkanes) is 1. The van der Waals surface area contributed by atoms with Crippen molar-refractivity contribution in [1.29, 1.82) is 0 Å².